The van der Waals surface area contributed by atoms with Gasteiger partial charge in [-0.05, 0) is 23.1 Å². The van der Waals surface area contributed by atoms with Crippen LogP contribution in [0.25, 0.3) is 10.8 Å². The van der Waals surface area contributed by atoms with Gasteiger partial charge >= 0.3 is 0 Å². The molecule has 2 N–H and O–H groups in total. The van der Waals surface area contributed by atoms with Gasteiger partial charge in [0.25, 0.3) is 0 Å². The molecule has 0 spiro atoms. The molecule has 0 saturated carbocycles. The molecule has 168 valence electrons. The minimum Gasteiger partial charge on any atom is -0.368 e. The summed E-state index contributed by atoms with van der Waals surface area (Å²) >= 11 is 1.78. The van der Waals surface area contributed by atoms with Crippen molar-refractivity contribution in [1.82, 2.24) is 9.97 Å². The van der Waals surface area contributed by atoms with Gasteiger partial charge in [0.05, 0.1) is 5.69 Å². The Morgan fingerprint density at radius 2 is 1.49 bits per heavy atom. The van der Waals surface area contributed by atoms with Gasteiger partial charge in [-0.1, -0.05) is 90.6 Å². The number of benzene rings is 4. The fourth-order valence-electron chi connectivity index (χ4n) is 4.74. The molecule has 5 nitrogen and oxygen atoms in total. The first kappa shape index (κ1) is 20.2. The molecule has 0 bridgehead atoms. The predicted octanol–water partition coefficient (Wildman–Crippen LogP) is 6.81. The number of aromatic nitrogens is 2. The number of para-hydroxylation sites is 1. The maximum Gasteiger partial charge on any atom is 0.195 e. The third kappa shape index (κ3) is 3.54. The van der Waals surface area contributed by atoms with E-state index < -0.39 is 0 Å². The summed E-state index contributed by atoms with van der Waals surface area (Å²) in [6, 6.07) is 31.4. The normalized spacial score (nSPS) is 18.2. The smallest absolute Gasteiger partial charge is 0.195 e. The van der Waals surface area contributed by atoms with Gasteiger partial charge in [0.15, 0.2) is 11.7 Å². The molecular weight excluding hydrogens is 450 g/mol. The van der Waals surface area contributed by atoms with Crippen LogP contribution in [0.5, 0.6) is 0 Å². The maximum absolute atomic E-state index is 5.09. The minimum atomic E-state index is -0.128. The highest BCUT2D eigenvalue weighted by Gasteiger charge is 2.27. The highest BCUT2D eigenvalue weighted by molar-refractivity contribution is 8.00. The van der Waals surface area contributed by atoms with Crippen molar-refractivity contribution in [3.63, 3.8) is 0 Å². The Morgan fingerprint density at radius 1 is 0.714 bits per heavy atom. The molecule has 0 saturated heterocycles. The summed E-state index contributed by atoms with van der Waals surface area (Å²) < 4.78 is 0. The zero-order valence-electron chi connectivity index (χ0n) is 18.7. The third-order valence-corrected chi connectivity index (χ3v) is 7.71. The summed E-state index contributed by atoms with van der Waals surface area (Å²) in [7, 11) is 0. The van der Waals surface area contributed by atoms with Crippen LogP contribution in [0.2, 0.25) is 0 Å². The molecule has 2 aliphatic rings. The van der Waals surface area contributed by atoms with Gasteiger partial charge in [-0.2, -0.15) is 0 Å². The second-order valence-corrected chi connectivity index (χ2v) is 9.79. The zero-order valence-corrected chi connectivity index (χ0v) is 19.5. The quantitative estimate of drug-likeness (QED) is 0.303. The van der Waals surface area contributed by atoms with Crippen molar-refractivity contribution < 1.29 is 0 Å². The summed E-state index contributed by atoms with van der Waals surface area (Å²) in [6.07, 6.45) is 3.80. The van der Waals surface area contributed by atoms with Gasteiger partial charge < -0.3 is 10.6 Å². The number of nitrogens with one attached hydrogen (secondary N) is 2. The average Bonchev–Trinajstić information content (AvgIpc) is 3.37. The van der Waals surface area contributed by atoms with Crippen molar-refractivity contribution in [2.24, 2.45) is 4.99 Å². The van der Waals surface area contributed by atoms with Crippen LogP contribution >= 0.6 is 11.8 Å². The Balaban J connectivity index is 1.27. The van der Waals surface area contributed by atoms with Crippen LogP contribution in [0, 0.1) is 0 Å². The maximum atomic E-state index is 5.09. The van der Waals surface area contributed by atoms with E-state index in [-0.39, 0.29) is 11.4 Å². The first-order chi connectivity index (χ1) is 17.3. The van der Waals surface area contributed by atoms with Crippen molar-refractivity contribution in [2.45, 2.75) is 16.3 Å². The average molecular weight is 472 g/mol. The van der Waals surface area contributed by atoms with E-state index in [0.29, 0.717) is 11.7 Å². The standard InChI is InChI=1S/C29H21N5S/c1-2-9-19(10-3-1)25-22-15-14-18-8-4-5-11-21(18)26(22)34-28(33-25)27-30-16-20(17-31-27)29-32-23-12-6-7-13-24(23)35-29/h1-17,25,29,32H,(H,33,34). The number of rotatable bonds is 3. The van der Waals surface area contributed by atoms with Crippen LogP contribution in [0.4, 0.5) is 11.4 Å². The lowest BCUT2D eigenvalue weighted by atomic mass is 9.93. The van der Waals surface area contributed by atoms with Gasteiger partial charge in [-0.3, -0.25) is 4.99 Å². The van der Waals surface area contributed by atoms with E-state index in [0.717, 1.165) is 28.1 Å². The number of amidine groups is 1. The van der Waals surface area contributed by atoms with Gasteiger partial charge in [0, 0.05) is 39.5 Å². The van der Waals surface area contributed by atoms with E-state index in [9.17, 15) is 0 Å². The molecular formula is C29H21N5S. The summed E-state index contributed by atoms with van der Waals surface area (Å²) in [5, 5.41) is 9.57. The molecule has 5 aromatic rings. The molecule has 4 aromatic carbocycles. The van der Waals surface area contributed by atoms with Crippen molar-refractivity contribution in [3.8, 4) is 0 Å². The summed E-state index contributed by atoms with van der Waals surface area (Å²) in [5.74, 6) is 1.28. The molecule has 3 heterocycles. The van der Waals surface area contributed by atoms with Crippen LogP contribution in [-0.2, 0) is 0 Å². The number of hydrogen-bond acceptors (Lipinski definition) is 6. The summed E-state index contributed by atoms with van der Waals surface area (Å²) in [4.78, 5) is 15.8. The molecule has 2 atom stereocenters. The van der Waals surface area contributed by atoms with Crippen molar-refractivity contribution in [2.75, 3.05) is 10.6 Å². The second kappa shape index (κ2) is 8.25. The lowest BCUT2D eigenvalue weighted by molar-refractivity contribution is 0.860. The van der Waals surface area contributed by atoms with Gasteiger partial charge in [-0.25, -0.2) is 9.97 Å². The van der Waals surface area contributed by atoms with E-state index in [2.05, 4.69) is 89.5 Å². The largest absolute Gasteiger partial charge is 0.368 e. The number of hydrogen-bond donors (Lipinski definition) is 2. The number of aliphatic imine (C=N–C) groups is 1. The van der Waals surface area contributed by atoms with Crippen LogP contribution in [0.1, 0.15) is 33.9 Å². The predicted molar refractivity (Wildman–Crippen MR) is 143 cm³/mol. The van der Waals surface area contributed by atoms with Gasteiger partial charge in [-0.15, -0.1) is 0 Å². The molecule has 6 heteroatoms. The highest BCUT2D eigenvalue weighted by atomic mass is 32.2. The van der Waals surface area contributed by atoms with Crippen LogP contribution in [-0.4, -0.2) is 15.8 Å². The Morgan fingerprint density at radius 3 is 2.34 bits per heavy atom. The van der Waals surface area contributed by atoms with Crippen molar-refractivity contribution in [3.05, 3.63) is 126 Å². The fraction of sp³-hybridized carbons (Fsp3) is 0.0690. The topological polar surface area (TPSA) is 62.2 Å². The van der Waals surface area contributed by atoms with E-state index in [1.54, 1.807) is 11.8 Å². The SMILES string of the molecule is c1ccc(C2N=C(c3ncc(C4Nc5ccccc5S4)cn3)Nc3c2ccc2ccccc32)cc1. The Hall–Kier alpha value is -4.16. The number of nitrogens with zero attached hydrogens (tertiary/aromatic N) is 3. The minimum absolute atomic E-state index is 0.101. The highest BCUT2D eigenvalue weighted by Crippen LogP contribution is 2.46. The van der Waals surface area contributed by atoms with Gasteiger partial charge in [0.2, 0.25) is 0 Å². The van der Waals surface area contributed by atoms with Crippen LogP contribution in [0.15, 0.2) is 113 Å². The van der Waals surface area contributed by atoms with Gasteiger partial charge in [0.1, 0.15) is 11.4 Å². The number of fused-ring (bicyclic) bond motifs is 4. The zero-order chi connectivity index (χ0) is 23.2. The van der Waals surface area contributed by atoms with Crippen molar-refractivity contribution in [1.29, 1.82) is 0 Å². The van der Waals surface area contributed by atoms with Crippen LogP contribution < -0.4 is 10.6 Å². The first-order valence-electron chi connectivity index (χ1n) is 11.6. The molecule has 0 amide bonds. The monoisotopic (exact) mass is 471 g/mol. The van der Waals surface area contributed by atoms with Crippen molar-refractivity contribution >= 4 is 39.7 Å². The van der Waals surface area contributed by atoms with E-state index in [4.69, 9.17) is 15.0 Å². The Labute approximate surface area is 207 Å². The summed E-state index contributed by atoms with van der Waals surface area (Å²) in [5.41, 5.74) is 5.55. The molecule has 0 radical (unpaired) electrons. The fourth-order valence-corrected chi connectivity index (χ4v) is 5.85. The van der Waals surface area contributed by atoms with E-state index in [1.807, 2.05) is 24.5 Å². The molecule has 2 unspecified atom stereocenters. The molecule has 0 aliphatic carbocycles. The van der Waals surface area contributed by atoms with E-state index >= 15 is 0 Å². The van der Waals surface area contributed by atoms with E-state index in [1.165, 1.54) is 15.7 Å². The van der Waals surface area contributed by atoms with Crippen LogP contribution in [0.3, 0.4) is 0 Å². The molecule has 0 fully saturated rings. The Bertz CT molecular complexity index is 1560. The lowest BCUT2D eigenvalue weighted by Crippen LogP contribution is -2.24. The Kier molecular flexibility index (Phi) is 4.77. The third-order valence-electron chi connectivity index (χ3n) is 6.48. The molecule has 2 aliphatic heterocycles. The second-order valence-electron chi connectivity index (χ2n) is 8.65. The lowest BCUT2D eigenvalue weighted by Gasteiger charge is -2.26. The summed E-state index contributed by atoms with van der Waals surface area (Å²) in [6.45, 7) is 0. The molecule has 1 aromatic heterocycles. The molecule has 7 rings (SSSR count). The number of thioether (sulfide) groups is 1. The first-order valence-corrected chi connectivity index (χ1v) is 12.5. The molecule has 35 heavy (non-hydrogen) atoms. The number of anilines is 2.